The van der Waals surface area contributed by atoms with Gasteiger partial charge < -0.3 is 9.73 Å². The smallest absolute Gasteiger partial charge is 0.291 e. The molecule has 2 aromatic carbocycles. The third-order valence-electron chi connectivity index (χ3n) is 4.96. The summed E-state index contributed by atoms with van der Waals surface area (Å²) in [7, 11) is 0. The van der Waals surface area contributed by atoms with Gasteiger partial charge in [-0.3, -0.25) is 14.7 Å². The molecule has 1 amide bonds. The number of aryl methyl sites for hydroxylation is 1. The quantitative estimate of drug-likeness (QED) is 0.488. The van der Waals surface area contributed by atoms with Crippen LogP contribution in [0, 0.1) is 6.92 Å². The van der Waals surface area contributed by atoms with Crippen LogP contribution in [0.2, 0.25) is 0 Å². The van der Waals surface area contributed by atoms with Crippen LogP contribution in [0.1, 0.15) is 41.6 Å². The summed E-state index contributed by atoms with van der Waals surface area (Å²) in [6.07, 6.45) is 1.45. The maximum Gasteiger partial charge on any atom is 0.291 e. The Morgan fingerprint density at radius 3 is 2.33 bits per heavy atom. The van der Waals surface area contributed by atoms with E-state index < -0.39 is 0 Å². The molecule has 0 radical (unpaired) electrons. The van der Waals surface area contributed by atoms with Crippen molar-refractivity contribution in [2.24, 2.45) is 0 Å². The van der Waals surface area contributed by atoms with E-state index >= 15 is 0 Å². The lowest BCUT2D eigenvalue weighted by Gasteiger charge is -2.07. The van der Waals surface area contributed by atoms with Crippen molar-refractivity contribution >= 4 is 11.6 Å². The van der Waals surface area contributed by atoms with Gasteiger partial charge in [0.25, 0.3) is 11.5 Å². The Bertz CT molecular complexity index is 1210. The Labute approximate surface area is 174 Å². The fourth-order valence-electron chi connectivity index (χ4n) is 3.35. The Balaban J connectivity index is 1.68. The number of hydrogen-bond acceptors (Lipinski definition) is 3. The summed E-state index contributed by atoms with van der Waals surface area (Å²) < 4.78 is 6.69. The van der Waals surface area contributed by atoms with E-state index in [1.165, 1.54) is 6.26 Å². The maximum atomic E-state index is 13.2. The van der Waals surface area contributed by atoms with Crippen molar-refractivity contribution in [2.45, 2.75) is 26.7 Å². The van der Waals surface area contributed by atoms with Gasteiger partial charge in [-0.1, -0.05) is 43.7 Å². The number of carbonyl (C=O) groups excluding carboxylic acids is 1. The fraction of sp³-hybridized carbons (Fsp3) is 0.167. The van der Waals surface area contributed by atoms with Crippen LogP contribution in [0.5, 0.6) is 0 Å². The molecule has 0 saturated heterocycles. The molecule has 2 N–H and O–H groups in total. The third kappa shape index (κ3) is 3.72. The van der Waals surface area contributed by atoms with Gasteiger partial charge in [0.1, 0.15) is 0 Å². The zero-order valence-corrected chi connectivity index (χ0v) is 17.1. The molecule has 0 aliphatic heterocycles. The zero-order valence-electron chi connectivity index (χ0n) is 17.1. The second-order valence-corrected chi connectivity index (χ2v) is 7.54. The Morgan fingerprint density at radius 1 is 1.03 bits per heavy atom. The Hall–Kier alpha value is -3.80. The molecular weight excluding hydrogens is 378 g/mol. The number of amides is 1. The van der Waals surface area contributed by atoms with Gasteiger partial charge in [0.2, 0.25) is 0 Å². The van der Waals surface area contributed by atoms with E-state index in [4.69, 9.17) is 4.42 Å². The lowest BCUT2D eigenvalue weighted by Crippen LogP contribution is -2.15. The van der Waals surface area contributed by atoms with Crippen LogP contribution >= 0.6 is 0 Å². The molecule has 4 aromatic rings. The number of rotatable bonds is 5. The Morgan fingerprint density at radius 2 is 1.73 bits per heavy atom. The minimum atomic E-state index is -0.320. The van der Waals surface area contributed by atoms with Crippen molar-refractivity contribution < 1.29 is 9.21 Å². The standard InChI is InChI=1S/C24H23N3O3/c1-15(2)22-21(24(29)27(26-22)19-12-6-16(3)7-13-19)17-8-10-18(11-9-17)25-23(28)20-5-4-14-30-20/h4-15,26H,1-3H3,(H,25,28). The topological polar surface area (TPSA) is 80.0 Å². The lowest BCUT2D eigenvalue weighted by atomic mass is 10.00. The van der Waals surface area contributed by atoms with Crippen LogP contribution in [0.25, 0.3) is 16.8 Å². The summed E-state index contributed by atoms with van der Waals surface area (Å²) in [4.78, 5) is 25.4. The predicted molar refractivity (Wildman–Crippen MR) is 117 cm³/mol. The van der Waals surface area contributed by atoms with Crippen LogP contribution in [-0.2, 0) is 0 Å². The van der Waals surface area contributed by atoms with Gasteiger partial charge >= 0.3 is 0 Å². The van der Waals surface area contributed by atoms with Crippen LogP contribution in [0.4, 0.5) is 5.69 Å². The number of anilines is 1. The molecular formula is C24H23N3O3. The number of aromatic amines is 1. The van der Waals surface area contributed by atoms with E-state index in [-0.39, 0.29) is 23.1 Å². The normalized spacial score (nSPS) is 11.1. The number of aromatic nitrogens is 2. The zero-order chi connectivity index (χ0) is 21.3. The monoisotopic (exact) mass is 401 g/mol. The summed E-state index contributed by atoms with van der Waals surface area (Å²) in [5.74, 6) is 0.0597. The summed E-state index contributed by atoms with van der Waals surface area (Å²) in [5, 5.41) is 6.06. The molecule has 0 bridgehead atoms. The van der Waals surface area contributed by atoms with Crippen LogP contribution < -0.4 is 10.9 Å². The molecule has 0 atom stereocenters. The first kappa shape index (κ1) is 19.5. The van der Waals surface area contributed by atoms with Gasteiger partial charge in [-0.2, -0.15) is 0 Å². The number of hydrogen-bond donors (Lipinski definition) is 2. The average Bonchev–Trinajstić information content (AvgIpc) is 3.38. The lowest BCUT2D eigenvalue weighted by molar-refractivity contribution is 0.0996. The van der Waals surface area contributed by atoms with Crippen molar-refractivity contribution in [2.75, 3.05) is 5.32 Å². The first-order valence-corrected chi connectivity index (χ1v) is 9.81. The summed E-state index contributed by atoms with van der Waals surface area (Å²) in [5.41, 5.74) is 4.75. The molecule has 2 aromatic heterocycles. The molecule has 6 heteroatoms. The summed E-state index contributed by atoms with van der Waals surface area (Å²) in [6.45, 7) is 6.11. The number of benzene rings is 2. The molecule has 0 saturated carbocycles. The number of nitrogens with zero attached hydrogens (tertiary/aromatic N) is 1. The molecule has 0 unspecified atom stereocenters. The maximum absolute atomic E-state index is 13.2. The van der Waals surface area contributed by atoms with Crippen LogP contribution in [-0.4, -0.2) is 15.7 Å². The predicted octanol–water partition coefficient (Wildman–Crippen LogP) is 5.11. The van der Waals surface area contributed by atoms with E-state index in [1.807, 2.05) is 57.2 Å². The first-order valence-electron chi connectivity index (χ1n) is 9.81. The van der Waals surface area contributed by atoms with Crippen molar-refractivity contribution in [3.05, 3.63) is 94.3 Å². The highest BCUT2D eigenvalue weighted by atomic mass is 16.3. The average molecular weight is 401 g/mol. The Kier molecular flexibility index (Phi) is 5.14. The molecule has 2 heterocycles. The third-order valence-corrected chi connectivity index (χ3v) is 4.96. The van der Waals surface area contributed by atoms with Crippen molar-refractivity contribution in [1.29, 1.82) is 0 Å². The first-order chi connectivity index (χ1) is 14.4. The number of carbonyl (C=O) groups is 1. The molecule has 0 fully saturated rings. The minimum Gasteiger partial charge on any atom is -0.459 e. The SMILES string of the molecule is Cc1ccc(-n2[nH]c(C(C)C)c(-c3ccc(NC(=O)c4ccco4)cc3)c2=O)cc1. The molecule has 0 spiro atoms. The highest BCUT2D eigenvalue weighted by Crippen LogP contribution is 2.27. The molecule has 6 nitrogen and oxygen atoms in total. The van der Waals surface area contributed by atoms with Crippen molar-refractivity contribution in [3.63, 3.8) is 0 Å². The minimum absolute atomic E-state index is 0.102. The molecule has 30 heavy (non-hydrogen) atoms. The number of furan rings is 1. The van der Waals surface area contributed by atoms with Crippen LogP contribution in [0.3, 0.4) is 0 Å². The van der Waals surface area contributed by atoms with Gasteiger partial charge in [-0.15, -0.1) is 0 Å². The highest BCUT2D eigenvalue weighted by Gasteiger charge is 2.19. The highest BCUT2D eigenvalue weighted by molar-refractivity contribution is 6.02. The van der Waals surface area contributed by atoms with Gasteiger partial charge in [0.05, 0.1) is 17.5 Å². The summed E-state index contributed by atoms with van der Waals surface area (Å²) in [6, 6.07) is 18.3. The van der Waals surface area contributed by atoms with Crippen LogP contribution in [0.15, 0.2) is 76.1 Å². The van der Waals surface area contributed by atoms with Gasteiger partial charge in [-0.05, 0) is 54.8 Å². The molecule has 152 valence electrons. The van der Waals surface area contributed by atoms with Gasteiger partial charge in [0.15, 0.2) is 5.76 Å². The van der Waals surface area contributed by atoms with E-state index in [2.05, 4.69) is 10.4 Å². The van der Waals surface area contributed by atoms with Gasteiger partial charge in [0, 0.05) is 11.4 Å². The largest absolute Gasteiger partial charge is 0.459 e. The van der Waals surface area contributed by atoms with E-state index in [0.29, 0.717) is 11.3 Å². The number of nitrogens with one attached hydrogen (secondary N) is 2. The fourth-order valence-corrected chi connectivity index (χ4v) is 3.35. The summed E-state index contributed by atoms with van der Waals surface area (Å²) >= 11 is 0. The van der Waals surface area contributed by atoms with Crippen molar-refractivity contribution in [1.82, 2.24) is 9.78 Å². The molecule has 4 rings (SSSR count). The van der Waals surface area contributed by atoms with Gasteiger partial charge in [-0.25, -0.2) is 4.68 Å². The second-order valence-electron chi connectivity index (χ2n) is 7.54. The van der Waals surface area contributed by atoms with E-state index in [0.717, 1.165) is 22.5 Å². The molecule has 0 aliphatic carbocycles. The second kappa shape index (κ2) is 7.91. The number of H-pyrrole nitrogens is 1. The van der Waals surface area contributed by atoms with E-state index in [9.17, 15) is 9.59 Å². The van der Waals surface area contributed by atoms with E-state index in [1.54, 1.807) is 28.9 Å². The van der Waals surface area contributed by atoms with Crippen molar-refractivity contribution in [3.8, 4) is 16.8 Å². The molecule has 0 aliphatic rings.